The van der Waals surface area contributed by atoms with Crippen molar-refractivity contribution in [2.45, 2.75) is 39.3 Å². The highest BCUT2D eigenvalue weighted by atomic mass is 35.5. The molecule has 2 unspecified atom stereocenters. The molecule has 1 heterocycles. The van der Waals surface area contributed by atoms with E-state index in [4.69, 9.17) is 11.6 Å². The molecular weight excluding hydrogens is 264 g/mol. The Balaban J connectivity index is 2.52. The molecule has 1 aliphatic rings. The van der Waals surface area contributed by atoms with Crippen LogP contribution in [0.1, 0.15) is 25.8 Å². The number of hydrogen-bond donors (Lipinski definition) is 1. The summed E-state index contributed by atoms with van der Waals surface area (Å²) in [5, 5.41) is 3.30. The van der Waals surface area contributed by atoms with Gasteiger partial charge in [-0.15, -0.1) is 0 Å². The van der Waals surface area contributed by atoms with Gasteiger partial charge in [0.1, 0.15) is 12.1 Å². The first-order valence-corrected chi connectivity index (χ1v) is 6.73. The van der Waals surface area contributed by atoms with Crippen molar-refractivity contribution >= 4 is 29.1 Å². The molecule has 1 aromatic rings. The Kier molecular flexibility index (Phi) is 3.80. The Morgan fingerprint density at radius 1 is 1.37 bits per heavy atom. The standard InChI is InChI=1S/C14H17ClN2O2/c1-4-11-13(18)16-9(3)14(19)17(11)12-7-5-6-10(15)8(12)2/h5-7,9,11H,4H2,1-3H3,(H,16,18). The van der Waals surface area contributed by atoms with E-state index in [1.165, 1.54) is 0 Å². The molecule has 1 N–H and O–H groups in total. The molecule has 0 spiro atoms. The van der Waals surface area contributed by atoms with Crippen molar-refractivity contribution in [3.8, 4) is 0 Å². The van der Waals surface area contributed by atoms with E-state index in [-0.39, 0.29) is 11.8 Å². The molecule has 5 heteroatoms. The Hall–Kier alpha value is -1.55. The molecule has 1 fully saturated rings. The number of halogens is 1. The van der Waals surface area contributed by atoms with Crippen LogP contribution >= 0.6 is 11.6 Å². The zero-order valence-electron chi connectivity index (χ0n) is 11.2. The fourth-order valence-corrected chi connectivity index (χ4v) is 2.53. The van der Waals surface area contributed by atoms with Crippen molar-refractivity contribution in [1.82, 2.24) is 5.32 Å². The topological polar surface area (TPSA) is 49.4 Å². The molecule has 2 atom stereocenters. The fraction of sp³-hybridized carbons (Fsp3) is 0.429. The SMILES string of the molecule is CCC1C(=O)NC(C)C(=O)N1c1cccc(Cl)c1C. The van der Waals surface area contributed by atoms with Crippen LogP contribution in [-0.2, 0) is 9.59 Å². The van der Waals surface area contributed by atoms with Crippen LogP contribution in [0, 0.1) is 6.92 Å². The zero-order valence-corrected chi connectivity index (χ0v) is 12.0. The van der Waals surface area contributed by atoms with Gasteiger partial charge in [-0.25, -0.2) is 0 Å². The third-order valence-corrected chi connectivity index (χ3v) is 3.88. The van der Waals surface area contributed by atoms with E-state index in [9.17, 15) is 9.59 Å². The Bertz CT molecular complexity index is 530. The van der Waals surface area contributed by atoms with Crippen molar-refractivity contribution in [3.05, 3.63) is 28.8 Å². The molecule has 0 radical (unpaired) electrons. The van der Waals surface area contributed by atoms with Crippen LogP contribution in [0.4, 0.5) is 5.69 Å². The van der Waals surface area contributed by atoms with Crippen molar-refractivity contribution < 1.29 is 9.59 Å². The molecule has 2 amide bonds. The summed E-state index contributed by atoms with van der Waals surface area (Å²) in [5.74, 6) is -0.217. The number of nitrogens with zero attached hydrogens (tertiary/aromatic N) is 1. The molecule has 0 aliphatic carbocycles. The van der Waals surface area contributed by atoms with Crippen LogP contribution in [0.3, 0.4) is 0 Å². The number of benzene rings is 1. The lowest BCUT2D eigenvalue weighted by Gasteiger charge is -2.38. The normalized spacial score (nSPS) is 23.5. The summed E-state index contributed by atoms with van der Waals surface area (Å²) < 4.78 is 0. The second kappa shape index (κ2) is 5.21. The monoisotopic (exact) mass is 280 g/mol. The summed E-state index contributed by atoms with van der Waals surface area (Å²) in [7, 11) is 0. The van der Waals surface area contributed by atoms with Crippen LogP contribution in [-0.4, -0.2) is 23.9 Å². The van der Waals surface area contributed by atoms with Gasteiger partial charge in [0.15, 0.2) is 0 Å². The summed E-state index contributed by atoms with van der Waals surface area (Å²) >= 11 is 6.11. The van der Waals surface area contributed by atoms with E-state index in [2.05, 4.69) is 5.32 Å². The number of anilines is 1. The number of piperazine rings is 1. The minimum absolute atomic E-state index is 0.100. The summed E-state index contributed by atoms with van der Waals surface area (Å²) in [6, 6.07) is 4.42. The molecule has 4 nitrogen and oxygen atoms in total. The van der Waals surface area contributed by atoms with Gasteiger partial charge in [-0.05, 0) is 38.0 Å². The highest BCUT2D eigenvalue weighted by Crippen LogP contribution is 2.30. The van der Waals surface area contributed by atoms with Crippen molar-refractivity contribution in [1.29, 1.82) is 0 Å². The van der Waals surface area contributed by atoms with E-state index in [0.717, 1.165) is 5.56 Å². The average molecular weight is 281 g/mol. The van der Waals surface area contributed by atoms with E-state index >= 15 is 0 Å². The molecule has 102 valence electrons. The summed E-state index contributed by atoms with van der Waals surface area (Å²) in [4.78, 5) is 26.0. The van der Waals surface area contributed by atoms with Gasteiger partial charge in [0.05, 0.1) is 0 Å². The lowest BCUT2D eigenvalue weighted by atomic mass is 10.0. The number of carbonyl (C=O) groups is 2. The molecule has 0 aromatic heterocycles. The first-order valence-electron chi connectivity index (χ1n) is 6.36. The minimum Gasteiger partial charge on any atom is -0.343 e. The highest BCUT2D eigenvalue weighted by molar-refractivity contribution is 6.31. The van der Waals surface area contributed by atoms with Gasteiger partial charge in [-0.3, -0.25) is 14.5 Å². The number of nitrogens with one attached hydrogen (secondary N) is 1. The second-order valence-electron chi connectivity index (χ2n) is 4.75. The average Bonchev–Trinajstić information content (AvgIpc) is 2.37. The fourth-order valence-electron chi connectivity index (χ4n) is 2.36. The summed E-state index contributed by atoms with van der Waals surface area (Å²) in [6.07, 6.45) is 0.566. The molecule has 0 saturated carbocycles. The van der Waals surface area contributed by atoms with Gasteiger partial charge in [-0.1, -0.05) is 24.6 Å². The molecule has 0 bridgehead atoms. The predicted octanol–water partition coefficient (Wildman–Crippen LogP) is 2.28. The highest BCUT2D eigenvalue weighted by Gasteiger charge is 2.39. The molecule has 2 rings (SSSR count). The maximum Gasteiger partial charge on any atom is 0.250 e. The minimum atomic E-state index is -0.506. The molecule has 1 aromatic carbocycles. The number of hydrogen-bond acceptors (Lipinski definition) is 2. The maximum absolute atomic E-state index is 12.4. The molecule has 19 heavy (non-hydrogen) atoms. The maximum atomic E-state index is 12.4. The first-order chi connectivity index (χ1) is 8.97. The first kappa shape index (κ1) is 13.9. The lowest BCUT2D eigenvalue weighted by Crippen LogP contribution is -2.62. The van der Waals surface area contributed by atoms with Gasteiger partial charge in [-0.2, -0.15) is 0 Å². The van der Waals surface area contributed by atoms with Crippen LogP contribution in [0.15, 0.2) is 18.2 Å². The van der Waals surface area contributed by atoms with E-state index < -0.39 is 12.1 Å². The van der Waals surface area contributed by atoms with E-state index in [0.29, 0.717) is 17.1 Å². The number of rotatable bonds is 2. The van der Waals surface area contributed by atoms with Gasteiger partial charge in [0, 0.05) is 10.7 Å². The number of amides is 2. The summed E-state index contributed by atoms with van der Waals surface area (Å²) in [5.41, 5.74) is 1.53. The van der Waals surface area contributed by atoms with Gasteiger partial charge in [0.25, 0.3) is 0 Å². The van der Waals surface area contributed by atoms with Gasteiger partial charge in [0.2, 0.25) is 11.8 Å². The lowest BCUT2D eigenvalue weighted by molar-refractivity contribution is -0.133. The molecule has 1 saturated heterocycles. The Labute approximate surface area is 117 Å². The third kappa shape index (κ3) is 2.32. The van der Waals surface area contributed by atoms with Crippen molar-refractivity contribution in [2.75, 3.05) is 4.90 Å². The van der Waals surface area contributed by atoms with Crippen LogP contribution < -0.4 is 10.2 Å². The van der Waals surface area contributed by atoms with Gasteiger partial charge >= 0.3 is 0 Å². The third-order valence-electron chi connectivity index (χ3n) is 3.47. The van der Waals surface area contributed by atoms with Crippen LogP contribution in [0.5, 0.6) is 0 Å². The van der Waals surface area contributed by atoms with E-state index in [1.807, 2.05) is 19.9 Å². The number of carbonyl (C=O) groups excluding carboxylic acids is 2. The van der Waals surface area contributed by atoms with Crippen molar-refractivity contribution in [3.63, 3.8) is 0 Å². The summed E-state index contributed by atoms with van der Waals surface area (Å²) in [6.45, 7) is 5.44. The quantitative estimate of drug-likeness (QED) is 0.903. The molecular formula is C14H17ClN2O2. The largest absolute Gasteiger partial charge is 0.343 e. The van der Waals surface area contributed by atoms with Crippen LogP contribution in [0.2, 0.25) is 5.02 Å². The van der Waals surface area contributed by atoms with E-state index in [1.54, 1.807) is 24.0 Å². The Morgan fingerprint density at radius 2 is 2.05 bits per heavy atom. The Morgan fingerprint density at radius 3 is 2.68 bits per heavy atom. The predicted molar refractivity (Wildman–Crippen MR) is 75.4 cm³/mol. The zero-order chi connectivity index (χ0) is 14.2. The van der Waals surface area contributed by atoms with Gasteiger partial charge < -0.3 is 5.32 Å². The van der Waals surface area contributed by atoms with Crippen LogP contribution in [0.25, 0.3) is 0 Å². The smallest absolute Gasteiger partial charge is 0.250 e. The second-order valence-corrected chi connectivity index (χ2v) is 5.15. The van der Waals surface area contributed by atoms with Crippen molar-refractivity contribution in [2.24, 2.45) is 0 Å². The molecule has 1 aliphatic heterocycles.